The van der Waals surface area contributed by atoms with Crippen molar-refractivity contribution in [3.05, 3.63) is 107 Å². The Morgan fingerprint density at radius 2 is 1.43 bits per heavy atom. The van der Waals surface area contributed by atoms with E-state index in [9.17, 15) is 9.18 Å². The Morgan fingerprint density at radius 3 is 2.00 bits per heavy atom. The Morgan fingerprint density at radius 1 is 0.893 bits per heavy atom. The van der Waals surface area contributed by atoms with E-state index in [4.69, 9.17) is 0 Å². The highest BCUT2D eigenvalue weighted by atomic mass is 19.1. The molecule has 0 saturated heterocycles. The number of benzene rings is 3. The van der Waals surface area contributed by atoms with Gasteiger partial charge >= 0.3 is 0 Å². The predicted molar refractivity (Wildman–Crippen MR) is 110 cm³/mol. The minimum atomic E-state index is -0.234. The third-order valence-electron chi connectivity index (χ3n) is 4.74. The van der Waals surface area contributed by atoms with Gasteiger partial charge in [0.2, 0.25) is 5.91 Å². The van der Waals surface area contributed by atoms with Crippen LogP contribution in [0.1, 0.15) is 22.7 Å². The third-order valence-corrected chi connectivity index (χ3v) is 4.74. The molecule has 0 bridgehead atoms. The van der Waals surface area contributed by atoms with Gasteiger partial charge in [0, 0.05) is 6.54 Å². The van der Waals surface area contributed by atoms with Gasteiger partial charge in [0.1, 0.15) is 5.82 Å². The second-order valence-corrected chi connectivity index (χ2v) is 6.83. The van der Waals surface area contributed by atoms with Gasteiger partial charge in [-0.05, 0) is 36.2 Å². The molecule has 0 aliphatic carbocycles. The Labute approximate surface area is 165 Å². The maximum atomic E-state index is 13.7. The molecule has 3 aromatic rings. The molecule has 0 fully saturated rings. The van der Waals surface area contributed by atoms with Crippen molar-refractivity contribution >= 4 is 5.91 Å². The molecule has 0 heterocycles. The molecular formula is C24H25FN2O. The van der Waals surface area contributed by atoms with Crippen LogP contribution in [0, 0.1) is 5.82 Å². The van der Waals surface area contributed by atoms with E-state index in [2.05, 4.69) is 29.6 Å². The van der Waals surface area contributed by atoms with Crippen LogP contribution in [0.2, 0.25) is 0 Å². The first kappa shape index (κ1) is 19.8. The SMILES string of the molecule is CN(CC(=O)NCCc1ccccc1F)C(c1ccccc1)c1ccccc1. The molecule has 0 radical (unpaired) electrons. The normalized spacial score (nSPS) is 11.0. The van der Waals surface area contributed by atoms with Crippen molar-refractivity contribution in [3.8, 4) is 0 Å². The van der Waals surface area contributed by atoms with Gasteiger partial charge in [-0.3, -0.25) is 9.69 Å². The highest BCUT2D eigenvalue weighted by molar-refractivity contribution is 5.78. The Hall–Kier alpha value is -2.98. The summed E-state index contributed by atoms with van der Waals surface area (Å²) in [6, 6.07) is 26.9. The van der Waals surface area contributed by atoms with E-state index in [0.29, 0.717) is 18.5 Å². The lowest BCUT2D eigenvalue weighted by Gasteiger charge is -2.28. The van der Waals surface area contributed by atoms with E-state index in [1.165, 1.54) is 6.07 Å². The Kier molecular flexibility index (Phi) is 6.93. The Balaban J connectivity index is 1.62. The van der Waals surface area contributed by atoms with Crippen LogP contribution in [0.5, 0.6) is 0 Å². The molecular weight excluding hydrogens is 351 g/mol. The van der Waals surface area contributed by atoms with Crippen LogP contribution in [-0.2, 0) is 11.2 Å². The topological polar surface area (TPSA) is 32.3 Å². The molecule has 3 nitrogen and oxygen atoms in total. The summed E-state index contributed by atoms with van der Waals surface area (Å²) in [5.41, 5.74) is 2.88. The smallest absolute Gasteiger partial charge is 0.234 e. The highest BCUT2D eigenvalue weighted by Gasteiger charge is 2.20. The summed E-state index contributed by atoms with van der Waals surface area (Å²) >= 11 is 0. The maximum Gasteiger partial charge on any atom is 0.234 e. The molecule has 0 atom stereocenters. The number of nitrogens with zero attached hydrogens (tertiary/aromatic N) is 1. The van der Waals surface area contributed by atoms with E-state index < -0.39 is 0 Å². The molecule has 3 rings (SSSR count). The lowest BCUT2D eigenvalue weighted by Crippen LogP contribution is -2.38. The lowest BCUT2D eigenvalue weighted by atomic mass is 9.97. The van der Waals surface area contributed by atoms with E-state index in [0.717, 1.165) is 11.1 Å². The highest BCUT2D eigenvalue weighted by Crippen LogP contribution is 2.27. The summed E-state index contributed by atoms with van der Waals surface area (Å²) in [6.07, 6.45) is 0.475. The van der Waals surface area contributed by atoms with Crippen LogP contribution in [0.3, 0.4) is 0 Å². The quantitative estimate of drug-likeness (QED) is 0.639. The Bertz CT molecular complexity index is 844. The number of hydrogen-bond acceptors (Lipinski definition) is 2. The molecule has 4 heteroatoms. The average Bonchev–Trinajstić information content (AvgIpc) is 2.71. The second-order valence-electron chi connectivity index (χ2n) is 6.83. The van der Waals surface area contributed by atoms with Crippen molar-refractivity contribution in [2.45, 2.75) is 12.5 Å². The summed E-state index contributed by atoms with van der Waals surface area (Å²) in [7, 11) is 1.95. The van der Waals surface area contributed by atoms with Crippen molar-refractivity contribution in [2.24, 2.45) is 0 Å². The monoisotopic (exact) mass is 376 g/mol. The molecule has 1 N–H and O–H groups in total. The molecule has 0 aromatic heterocycles. The van der Waals surface area contributed by atoms with Crippen molar-refractivity contribution in [2.75, 3.05) is 20.1 Å². The summed E-state index contributed by atoms with van der Waals surface area (Å²) in [5.74, 6) is -0.308. The first-order chi connectivity index (χ1) is 13.6. The van der Waals surface area contributed by atoms with Gasteiger partial charge in [0.25, 0.3) is 0 Å². The largest absolute Gasteiger partial charge is 0.355 e. The molecule has 3 aromatic carbocycles. The molecule has 0 spiro atoms. The summed E-state index contributed by atoms with van der Waals surface area (Å²) in [5, 5.41) is 2.90. The minimum Gasteiger partial charge on any atom is -0.355 e. The van der Waals surface area contributed by atoms with Crippen LogP contribution in [0.4, 0.5) is 4.39 Å². The predicted octanol–water partition coefficient (Wildman–Crippen LogP) is 4.21. The summed E-state index contributed by atoms with van der Waals surface area (Å²) < 4.78 is 13.7. The maximum absolute atomic E-state index is 13.7. The van der Waals surface area contributed by atoms with E-state index >= 15 is 0 Å². The lowest BCUT2D eigenvalue weighted by molar-refractivity contribution is -0.122. The van der Waals surface area contributed by atoms with Gasteiger partial charge < -0.3 is 5.32 Å². The van der Waals surface area contributed by atoms with Gasteiger partial charge in [-0.2, -0.15) is 0 Å². The van der Waals surface area contributed by atoms with Crippen LogP contribution < -0.4 is 5.32 Å². The van der Waals surface area contributed by atoms with Gasteiger partial charge in [0.15, 0.2) is 0 Å². The number of hydrogen-bond donors (Lipinski definition) is 1. The third kappa shape index (κ3) is 5.27. The van der Waals surface area contributed by atoms with Crippen molar-refractivity contribution in [1.82, 2.24) is 10.2 Å². The van der Waals surface area contributed by atoms with Crippen LogP contribution in [0.15, 0.2) is 84.9 Å². The molecule has 28 heavy (non-hydrogen) atoms. The van der Waals surface area contributed by atoms with Crippen LogP contribution >= 0.6 is 0 Å². The van der Waals surface area contributed by atoms with Gasteiger partial charge in [-0.15, -0.1) is 0 Å². The van der Waals surface area contributed by atoms with E-state index in [-0.39, 0.29) is 24.3 Å². The molecule has 0 aliphatic heterocycles. The van der Waals surface area contributed by atoms with E-state index in [1.807, 2.05) is 48.3 Å². The zero-order valence-electron chi connectivity index (χ0n) is 16.0. The van der Waals surface area contributed by atoms with Crippen molar-refractivity contribution in [1.29, 1.82) is 0 Å². The molecule has 0 aliphatic rings. The molecule has 0 unspecified atom stereocenters. The van der Waals surface area contributed by atoms with Gasteiger partial charge in [0.05, 0.1) is 12.6 Å². The number of nitrogens with one attached hydrogen (secondary N) is 1. The molecule has 1 amide bonds. The number of halogens is 1. The number of amides is 1. The summed E-state index contributed by atoms with van der Waals surface area (Å²) in [6.45, 7) is 0.667. The first-order valence-electron chi connectivity index (χ1n) is 9.45. The standard InChI is InChI=1S/C24H25FN2O/c1-27(18-23(28)26-17-16-19-10-8-9-15-22(19)25)24(20-11-4-2-5-12-20)21-13-6-3-7-14-21/h2-15,24H,16-18H2,1H3,(H,26,28). The number of rotatable bonds is 8. The second kappa shape index (κ2) is 9.81. The molecule has 144 valence electrons. The van der Waals surface area contributed by atoms with Gasteiger partial charge in [-0.1, -0.05) is 78.9 Å². The number of likely N-dealkylation sites (N-methyl/N-ethyl adjacent to an activating group) is 1. The average molecular weight is 376 g/mol. The zero-order valence-corrected chi connectivity index (χ0v) is 16.0. The van der Waals surface area contributed by atoms with Crippen LogP contribution in [0.25, 0.3) is 0 Å². The van der Waals surface area contributed by atoms with Crippen LogP contribution in [-0.4, -0.2) is 30.9 Å². The first-order valence-corrected chi connectivity index (χ1v) is 9.45. The summed E-state index contributed by atoms with van der Waals surface area (Å²) in [4.78, 5) is 14.5. The molecule has 0 saturated carbocycles. The minimum absolute atomic E-state index is 0.0142. The number of carbonyl (C=O) groups is 1. The fourth-order valence-corrected chi connectivity index (χ4v) is 3.38. The van der Waals surface area contributed by atoms with Crippen molar-refractivity contribution < 1.29 is 9.18 Å². The van der Waals surface area contributed by atoms with E-state index in [1.54, 1.807) is 18.2 Å². The van der Waals surface area contributed by atoms with Crippen molar-refractivity contribution in [3.63, 3.8) is 0 Å². The fraction of sp³-hybridized carbons (Fsp3) is 0.208. The number of carbonyl (C=O) groups excluding carboxylic acids is 1. The fourth-order valence-electron chi connectivity index (χ4n) is 3.38. The van der Waals surface area contributed by atoms with Gasteiger partial charge in [-0.25, -0.2) is 4.39 Å². The zero-order chi connectivity index (χ0) is 19.8.